The Morgan fingerprint density at radius 3 is 2.62 bits per heavy atom. The lowest BCUT2D eigenvalue weighted by molar-refractivity contribution is -0.108. The van der Waals surface area contributed by atoms with E-state index in [1.165, 1.54) is 38.6 Å². The number of fused-ring (bicyclic) bond motifs is 1. The normalized spacial score (nSPS) is 17.0. The van der Waals surface area contributed by atoms with Gasteiger partial charge in [0.1, 0.15) is 23.5 Å². The number of benzene rings is 2. The summed E-state index contributed by atoms with van der Waals surface area (Å²) >= 11 is 6.24. The fourth-order valence-corrected chi connectivity index (χ4v) is 5.11. The number of halogens is 3. The lowest BCUT2D eigenvalue weighted by Gasteiger charge is -2.23. The van der Waals surface area contributed by atoms with Crippen LogP contribution in [0.15, 0.2) is 54.7 Å². The first kappa shape index (κ1) is 28.2. The highest BCUT2D eigenvalue weighted by Gasteiger charge is 2.22. The van der Waals surface area contributed by atoms with Gasteiger partial charge in [-0.1, -0.05) is 17.7 Å². The number of nitrogens with zero attached hydrogens (tertiary/aromatic N) is 3. The summed E-state index contributed by atoms with van der Waals surface area (Å²) in [6.45, 7) is 2.47. The van der Waals surface area contributed by atoms with Crippen LogP contribution in [0.2, 0.25) is 5.02 Å². The summed E-state index contributed by atoms with van der Waals surface area (Å²) in [7, 11) is 3.02. The maximum absolute atomic E-state index is 15.5. The first-order chi connectivity index (χ1) is 19.4. The first-order valence-electron chi connectivity index (χ1n) is 13.0. The molecule has 0 saturated carbocycles. The van der Waals surface area contributed by atoms with E-state index in [1.54, 1.807) is 22.9 Å². The molecule has 4 aromatic rings. The van der Waals surface area contributed by atoms with Gasteiger partial charge >= 0.3 is 0 Å². The minimum atomic E-state index is -0.637. The minimum absolute atomic E-state index is 0.244. The van der Waals surface area contributed by atoms with Crippen LogP contribution in [0.25, 0.3) is 22.8 Å². The van der Waals surface area contributed by atoms with E-state index in [2.05, 4.69) is 4.98 Å². The number of pyridine rings is 1. The molecule has 210 valence electrons. The highest BCUT2D eigenvalue weighted by molar-refractivity contribution is 6.31. The summed E-state index contributed by atoms with van der Waals surface area (Å²) in [5.41, 5.74) is 2.69. The van der Waals surface area contributed by atoms with Crippen molar-refractivity contribution in [1.29, 1.82) is 0 Å². The molecule has 0 N–H and O–H groups in total. The van der Waals surface area contributed by atoms with Crippen LogP contribution in [0.3, 0.4) is 0 Å². The van der Waals surface area contributed by atoms with E-state index in [-0.39, 0.29) is 11.3 Å². The lowest BCUT2D eigenvalue weighted by Crippen LogP contribution is -2.19. The van der Waals surface area contributed by atoms with Crippen molar-refractivity contribution in [1.82, 2.24) is 14.8 Å². The summed E-state index contributed by atoms with van der Waals surface area (Å²) in [5.74, 6) is -0.379. The van der Waals surface area contributed by atoms with Crippen molar-refractivity contribution >= 4 is 34.4 Å². The van der Waals surface area contributed by atoms with Gasteiger partial charge in [-0.05, 0) is 68.7 Å². The predicted octanol–water partition coefficient (Wildman–Crippen LogP) is 7.82. The Bertz CT molecular complexity index is 1500. The zero-order valence-electron chi connectivity index (χ0n) is 22.4. The average Bonchev–Trinajstić information content (AvgIpc) is 3.31. The molecular formula is C30H30ClF2N3O4. The third-order valence-electron chi connectivity index (χ3n) is 6.84. The summed E-state index contributed by atoms with van der Waals surface area (Å²) in [4.78, 5) is 4.28. The second kappa shape index (κ2) is 12.4. The van der Waals surface area contributed by atoms with E-state index < -0.39 is 24.0 Å². The maximum atomic E-state index is 15.5. The summed E-state index contributed by atoms with van der Waals surface area (Å²) in [6, 6.07) is 13.0. The Kier molecular flexibility index (Phi) is 8.75. The predicted molar refractivity (Wildman–Crippen MR) is 149 cm³/mol. The van der Waals surface area contributed by atoms with Gasteiger partial charge in [0.2, 0.25) is 6.29 Å². The van der Waals surface area contributed by atoms with Crippen LogP contribution in [0, 0.1) is 5.82 Å². The fourth-order valence-electron chi connectivity index (χ4n) is 4.79. The summed E-state index contributed by atoms with van der Waals surface area (Å²) in [5, 5.41) is 5.73. The lowest BCUT2D eigenvalue weighted by atomic mass is 10.1. The molecule has 2 atom stereocenters. The Morgan fingerprint density at radius 1 is 1.12 bits per heavy atom. The molecule has 0 spiro atoms. The smallest absolute Gasteiger partial charge is 0.200 e. The van der Waals surface area contributed by atoms with Crippen molar-refractivity contribution in [3.63, 3.8) is 0 Å². The molecule has 1 fully saturated rings. The van der Waals surface area contributed by atoms with Gasteiger partial charge in [-0.2, -0.15) is 5.10 Å². The largest absolute Gasteiger partial charge is 0.486 e. The van der Waals surface area contributed by atoms with Crippen molar-refractivity contribution in [3.05, 3.63) is 88.1 Å². The standard InChI is InChI=1S/C30H30ClF2N3O4/c1-18(22-10-8-20(32)14-24(22)31)40-21-9-12-28-23(15-21)27(35-36(28)29-6-4-5-13-39-29)16-25(33)19-7-11-26(34-17-19)30(37-2)38-3/h7-12,14-18,29-30H,4-6,13H2,1-3H3/b25-16-. The van der Waals surface area contributed by atoms with E-state index >= 15 is 4.39 Å². The molecule has 0 bridgehead atoms. The van der Waals surface area contributed by atoms with Gasteiger partial charge in [0, 0.05) is 49.6 Å². The van der Waals surface area contributed by atoms with Crippen LogP contribution < -0.4 is 4.74 Å². The fraction of sp³-hybridized carbons (Fsp3) is 0.333. The van der Waals surface area contributed by atoms with Crippen molar-refractivity contribution in [2.24, 2.45) is 0 Å². The van der Waals surface area contributed by atoms with Crippen molar-refractivity contribution in [2.45, 2.75) is 44.8 Å². The molecule has 0 amide bonds. The molecule has 2 aromatic carbocycles. The molecule has 40 heavy (non-hydrogen) atoms. The molecule has 10 heteroatoms. The third kappa shape index (κ3) is 6.02. The van der Waals surface area contributed by atoms with Gasteiger partial charge < -0.3 is 18.9 Å². The number of ether oxygens (including phenoxy) is 4. The molecule has 5 rings (SSSR count). The molecule has 2 unspecified atom stereocenters. The highest BCUT2D eigenvalue weighted by Crippen LogP contribution is 2.34. The Balaban J connectivity index is 1.50. The van der Waals surface area contributed by atoms with E-state index in [9.17, 15) is 4.39 Å². The van der Waals surface area contributed by atoms with Gasteiger partial charge in [-0.15, -0.1) is 0 Å². The van der Waals surface area contributed by atoms with E-state index in [4.69, 9.17) is 35.6 Å². The second-order valence-corrected chi connectivity index (χ2v) is 9.93. The third-order valence-corrected chi connectivity index (χ3v) is 7.17. The monoisotopic (exact) mass is 569 g/mol. The summed E-state index contributed by atoms with van der Waals surface area (Å²) in [6.07, 6.45) is 4.30. The molecule has 0 radical (unpaired) electrons. The van der Waals surface area contributed by atoms with Crippen LogP contribution in [0.1, 0.15) is 67.3 Å². The zero-order chi connectivity index (χ0) is 28.2. The minimum Gasteiger partial charge on any atom is -0.486 e. The highest BCUT2D eigenvalue weighted by atomic mass is 35.5. The second-order valence-electron chi connectivity index (χ2n) is 9.52. The topological polar surface area (TPSA) is 67.6 Å². The van der Waals surface area contributed by atoms with Gasteiger partial charge in [-0.3, -0.25) is 4.98 Å². The number of aromatic nitrogens is 3. The van der Waals surface area contributed by atoms with Crippen LogP contribution in [-0.4, -0.2) is 35.6 Å². The number of hydrogen-bond acceptors (Lipinski definition) is 6. The quantitative estimate of drug-likeness (QED) is 0.191. The Labute approximate surface area is 236 Å². The Morgan fingerprint density at radius 2 is 1.95 bits per heavy atom. The van der Waals surface area contributed by atoms with Gasteiger partial charge in [-0.25, -0.2) is 13.5 Å². The molecule has 1 saturated heterocycles. The van der Waals surface area contributed by atoms with Crippen LogP contribution >= 0.6 is 11.6 Å². The van der Waals surface area contributed by atoms with Crippen molar-refractivity contribution < 1.29 is 27.7 Å². The maximum Gasteiger partial charge on any atom is 0.200 e. The summed E-state index contributed by atoms with van der Waals surface area (Å²) < 4.78 is 53.4. The molecule has 1 aliphatic heterocycles. The molecule has 0 aliphatic carbocycles. The molecule has 2 aromatic heterocycles. The van der Waals surface area contributed by atoms with Crippen molar-refractivity contribution in [2.75, 3.05) is 20.8 Å². The van der Waals surface area contributed by atoms with Crippen molar-refractivity contribution in [3.8, 4) is 5.75 Å². The van der Waals surface area contributed by atoms with Gasteiger partial charge in [0.05, 0.1) is 21.9 Å². The average molecular weight is 570 g/mol. The van der Waals surface area contributed by atoms with Crippen LogP contribution in [0.5, 0.6) is 5.75 Å². The molecule has 7 nitrogen and oxygen atoms in total. The number of rotatable bonds is 9. The van der Waals surface area contributed by atoms with Crippen LogP contribution in [0.4, 0.5) is 8.78 Å². The molecule has 1 aliphatic rings. The van der Waals surface area contributed by atoms with Gasteiger partial charge in [0.25, 0.3) is 0 Å². The molecule has 3 heterocycles. The SMILES string of the molecule is COC(OC)c1ccc(/C(F)=C/c2nn(C3CCCCO3)c3ccc(OC(C)c4ccc(F)cc4Cl)cc23)cn1. The zero-order valence-corrected chi connectivity index (χ0v) is 23.2. The number of hydrogen-bond donors (Lipinski definition) is 0. The number of methoxy groups -OCH3 is 2. The van der Waals surface area contributed by atoms with Gasteiger partial charge in [0.15, 0.2) is 6.23 Å². The van der Waals surface area contributed by atoms with E-state index in [0.29, 0.717) is 40.3 Å². The van der Waals surface area contributed by atoms with E-state index in [0.717, 1.165) is 24.8 Å². The molecular weight excluding hydrogens is 540 g/mol. The van der Waals surface area contributed by atoms with Crippen LogP contribution in [-0.2, 0) is 14.2 Å². The van der Waals surface area contributed by atoms with E-state index in [1.807, 2.05) is 25.1 Å². The first-order valence-corrected chi connectivity index (χ1v) is 13.4. The Hall–Kier alpha value is -3.37.